The second-order valence-electron chi connectivity index (χ2n) is 12.5. The van der Waals surface area contributed by atoms with Gasteiger partial charge in [-0.05, 0) is 85.3 Å². The zero-order valence-corrected chi connectivity index (χ0v) is 26.4. The average Bonchev–Trinajstić information content (AvgIpc) is 3.57. The molecule has 222 valence electrons. The van der Waals surface area contributed by atoms with Crippen molar-refractivity contribution in [3.8, 4) is 11.4 Å². The zero-order valence-electron chi connectivity index (χ0n) is 26.4. The van der Waals surface area contributed by atoms with E-state index in [-0.39, 0.29) is 0 Å². The van der Waals surface area contributed by atoms with Crippen LogP contribution in [0.3, 0.4) is 0 Å². The molecular weight excluding hydrogens is 532 g/mol. The van der Waals surface area contributed by atoms with E-state index in [9.17, 15) is 0 Å². The Balaban J connectivity index is 1.36. The molecule has 5 aromatic carbocycles. The molecule has 0 aliphatic heterocycles. The van der Waals surface area contributed by atoms with Crippen molar-refractivity contribution in [2.24, 2.45) is 0 Å². The van der Waals surface area contributed by atoms with Crippen molar-refractivity contribution in [3.63, 3.8) is 0 Å². The predicted molar refractivity (Wildman–Crippen MR) is 191 cm³/mol. The van der Waals surface area contributed by atoms with Crippen LogP contribution in [-0.2, 0) is 12.8 Å². The van der Waals surface area contributed by atoms with Gasteiger partial charge in [-0.15, -0.1) is 0 Å². The van der Waals surface area contributed by atoms with Gasteiger partial charge in [-0.3, -0.25) is 0 Å². The van der Waals surface area contributed by atoms with E-state index in [2.05, 4.69) is 132 Å². The summed E-state index contributed by atoms with van der Waals surface area (Å²) in [5, 5.41) is 5.22. The van der Waals surface area contributed by atoms with E-state index < -0.39 is 0 Å². The Hall–Kier alpha value is -4.30. The second kappa shape index (κ2) is 12.7. The highest BCUT2D eigenvalue weighted by Crippen LogP contribution is 2.39. The first-order valence-electron chi connectivity index (χ1n) is 16.9. The highest BCUT2D eigenvalue weighted by molar-refractivity contribution is 6.19. The normalized spacial score (nSPS) is 11.9. The molecule has 2 heterocycles. The molecule has 0 spiro atoms. The Morgan fingerprint density at radius 2 is 0.818 bits per heavy atom. The lowest BCUT2D eigenvalue weighted by Crippen LogP contribution is -1.97. The number of aromatic nitrogens is 2. The largest absolute Gasteiger partial charge is 0.309 e. The van der Waals surface area contributed by atoms with Crippen LogP contribution in [0.15, 0.2) is 109 Å². The highest BCUT2D eigenvalue weighted by Gasteiger charge is 2.18. The van der Waals surface area contributed by atoms with Crippen LogP contribution in [0.1, 0.15) is 76.3 Å². The van der Waals surface area contributed by atoms with Crippen LogP contribution in [0.5, 0.6) is 0 Å². The van der Waals surface area contributed by atoms with Crippen molar-refractivity contribution < 1.29 is 0 Å². The Morgan fingerprint density at radius 1 is 0.386 bits per heavy atom. The van der Waals surface area contributed by atoms with E-state index in [4.69, 9.17) is 0 Å². The van der Waals surface area contributed by atoms with E-state index in [0.717, 1.165) is 12.8 Å². The summed E-state index contributed by atoms with van der Waals surface area (Å²) < 4.78 is 4.93. The monoisotopic (exact) mass is 576 g/mol. The SMILES string of the molecule is CCCCCCc1ccc(-n2c3ccccc3c3cc4c5ccccc5n(-c5ccc(CCCCCC)cc5)c4cc32)cc1. The summed E-state index contributed by atoms with van der Waals surface area (Å²) in [5.41, 5.74) is 10.3. The predicted octanol–water partition coefficient (Wildman–Crippen LogP) is 12.1. The summed E-state index contributed by atoms with van der Waals surface area (Å²) in [4.78, 5) is 0. The van der Waals surface area contributed by atoms with E-state index in [0.29, 0.717) is 0 Å². The first kappa shape index (κ1) is 28.5. The smallest absolute Gasteiger partial charge is 0.0562 e. The highest BCUT2D eigenvalue weighted by atomic mass is 15.0. The second-order valence-corrected chi connectivity index (χ2v) is 12.5. The van der Waals surface area contributed by atoms with Crippen molar-refractivity contribution in [1.29, 1.82) is 0 Å². The van der Waals surface area contributed by atoms with Crippen molar-refractivity contribution >= 4 is 43.6 Å². The van der Waals surface area contributed by atoms with Crippen LogP contribution >= 0.6 is 0 Å². The van der Waals surface area contributed by atoms with Crippen LogP contribution in [0.25, 0.3) is 55.0 Å². The number of nitrogens with zero attached hydrogens (tertiary/aromatic N) is 2. The molecule has 0 saturated carbocycles. The van der Waals surface area contributed by atoms with E-state index >= 15 is 0 Å². The Labute approximate surface area is 261 Å². The van der Waals surface area contributed by atoms with Crippen molar-refractivity contribution in [2.45, 2.75) is 78.1 Å². The molecule has 0 N–H and O–H groups in total. The van der Waals surface area contributed by atoms with E-state index in [1.807, 2.05) is 0 Å². The molecule has 0 aliphatic rings. The summed E-state index contributed by atoms with van der Waals surface area (Å²) in [6, 6.07) is 41.2. The van der Waals surface area contributed by atoms with Crippen LogP contribution < -0.4 is 0 Å². The standard InChI is InChI=1S/C42H44N2/c1-3-5-7-9-15-31-21-25-33(26-22-31)43-39-19-13-11-17-35(39)37-29-38-36-18-12-14-20-40(36)44(42(38)30-41(37)43)34-27-23-32(24-28-34)16-10-8-6-4-2/h11-14,17-30H,3-10,15-16H2,1-2H3. The van der Waals surface area contributed by atoms with Gasteiger partial charge in [-0.1, -0.05) is 113 Å². The molecule has 0 bridgehead atoms. The van der Waals surface area contributed by atoms with E-state index in [1.165, 1.54) is 117 Å². The lowest BCUT2D eigenvalue weighted by atomic mass is 10.1. The molecule has 0 amide bonds. The molecule has 7 aromatic rings. The third-order valence-electron chi connectivity index (χ3n) is 9.49. The first-order chi connectivity index (χ1) is 21.8. The number of hydrogen-bond donors (Lipinski definition) is 0. The number of hydrogen-bond acceptors (Lipinski definition) is 0. The number of fused-ring (bicyclic) bond motifs is 6. The molecule has 2 nitrogen and oxygen atoms in total. The summed E-state index contributed by atoms with van der Waals surface area (Å²) >= 11 is 0. The van der Waals surface area contributed by atoms with Crippen LogP contribution in [-0.4, -0.2) is 9.13 Å². The third-order valence-corrected chi connectivity index (χ3v) is 9.49. The van der Waals surface area contributed by atoms with Gasteiger partial charge in [-0.2, -0.15) is 0 Å². The van der Waals surface area contributed by atoms with Gasteiger partial charge in [-0.25, -0.2) is 0 Å². The molecule has 0 radical (unpaired) electrons. The maximum absolute atomic E-state index is 2.46. The minimum absolute atomic E-state index is 1.16. The maximum atomic E-state index is 2.46. The average molecular weight is 577 g/mol. The Morgan fingerprint density at radius 3 is 1.25 bits per heavy atom. The Kier molecular flexibility index (Phi) is 8.24. The molecule has 2 aromatic heterocycles. The minimum Gasteiger partial charge on any atom is -0.309 e. The number of para-hydroxylation sites is 2. The lowest BCUT2D eigenvalue weighted by Gasteiger charge is -2.11. The van der Waals surface area contributed by atoms with Crippen molar-refractivity contribution in [1.82, 2.24) is 9.13 Å². The molecule has 0 saturated heterocycles. The van der Waals surface area contributed by atoms with Gasteiger partial charge in [0.1, 0.15) is 0 Å². The van der Waals surface area contributed by atoms with Gasteiger partial charge in [0.15, 0.2) is 0 Å². The van der Waals surface area contributed by atoms with Crippen LogP contribution in [0.2, 0.25) is 0 Å². The fraction of sp³-hybridized carbons (Fsp3) is 0.286. The molecule has 0 atom stereocenters. The van der Waals surface area contributed by atoms with Gasteiger partial charge in [0.25, 0.3) is 0 Å². The van der Waals surface area contributed by atoms with Gasteiger partial charge >= 0.3 is 0 Å². The molecule has 0 fully saturated rings. The lowest BCUT2D eigenvalue weighted by molar-refractivity contribution is 0.667. The number of rotatable bonds is 12. The fourth-order valence-electron chi connectivity index (χ4n) is 7.12. The maximum Gasteiger partial charge on any atom is 0.0562 e. The summed E-state index contributed by atoms with van der Waals surface area (Å²) in [7, 11) is 0. The minimum atomic E-state index is 1.16. The molecule has 44 heavy (non-hydrogen) atoms. The van der Waals surface area contributed by atoms with Gasteiger partial charge in [0.2, 0.25) is 0 Å². The van der Waals surface area contributed by atoms with Gasteiger partial charge < -0.3 is 9.13 Å². The summed E-state index contributed by atoms with van der Waals surface area (Å²) in [6.07, 6.45) is 12.7. The number of benzene rings is 5. The molecule has 0 aliphatic carbocycles. The quantitative estimate of drug-likeness (QED) is 0.128. The van der Waals surface area contributed by atoms with Gasteiger partial charge in [0.05, 0.1) is 22.1 Å². The summed E-state index contributed by atoms with van der Waals surface area (Å²) in [5.74, 6) is 0. The Bertz CT molecular complexity index is 1870. The van der Waals surface area contributed by atoms with E-state index in [1.54, 1.807) is 0 Å². The third kappa shape index (κ3) is 5.32. The molecule has 0 unspecified atom stereocenters. The zero-order chi connectivity index (χ0) is 29.9. The number of aryl methyl sites for hydroxylation is 2. The summed E-state index contributed by atoms with van der Waals surface area (Å²) in [6.45, 7) is 4.56. The molecule has 2 heteroatoms. The molecular formula is C42H44N2. The van der Waals surface area contributed by atoms with Crippen molar-refractivity contribution in [2.75, 3.05) is 0 Å². The van der Waals surface area contributed by atoms with Gasteiger partial charge in [0, 0.05) is 32.9 Å². The van der Waals surface area contributed by atoms with Crippen LogP contribution in [0, 0.1) is 0 Å². The van der Waals surface area contributed by atoms with Crippen LogP contribution in [0.4, 0.5) is 0 Å². The number of unbranched alkanes of at least 4 members (excludes halogenated alkanes) is 6. The topological polar surface area (TPSA) is 9.86 Å². The van der Waals surface area contributed by atoms with Crippen molar-refractivity contribution in [3.05, 3.63) is 120 Å². The first-order valence-corrected chi connectivity index (χ1v) is 16.9. The fourth-order valence-corrected chi connectivity index (χ4v) is 7.12. The molecule has 7 rings (SSSR count).